The van der Waals surface area contributed by atoms with Crippen molar-refractivity contribution in [3.05, 3.63) is 11.6 Å². The van der Waals surface area contributed by atoms with Gasteiger partial charge in [-0.1, -0.05) is 13.8 Å². The van der Waals surface area contributed by atoms with Crippen LogP contribution in [0.3, 0.4) is 0 Å². The molecule has 4 heteroatoms. The lowest BCUT2D eigenvalue weighted by Gasteiger charge is -2.03. The maximum atomic E-state index is 10.4. The highest BCUT2D eigenvalue weighted by Crippen LogP contribution is 2.08. The molecule has 0 aliphatic heterocycles. The third-order valence-electron chi connectivity index (χ3n) is 1.17. The number of nitrogens with two attached hydrogens (primary N) is 1. The fourth-order valence-corrected chi connectivity index (χ4v) is 0.629. The molecule has 1 amide bonds. The molecular weight excluding hydrogens is 146 g/mol. The van der Waals surface area contributed by atoms with Crippen LogP contribution in [0.2, 0.25) is 0 Å². The maximum Gasteiger partial charge on any atom is 0.332 e. The van der Waals surface area contributed by atoms with Crippen LogP contribution in [0.1, 0.15) is 13.8 Å². The quantitative estimate of drug-likeness (QED) is 0.572. The number of rotatable bonds is 3. The maximum absolute atomic E-state index is 10.4. The molecule has 0 rings (SSSR count). The topological polar surface area (TPSA) is 80.4 Å². The number of hydrogen-bond donors (Lipinski definition) is 2. The lowest BCUT2D eigenvalue weighted by Crippen LogP contribution is -2.14. The predicted octanol–water partition coefficient (Wildman–Crippen LogP) is 0.139. The van der Waals surface area contributed by atoms with Crippen LogP contribution in [0.25, 0.3) is 0 Å². The molecule has 0 aromatic rings. The summed E-state index contributed by atoms with van der Waals surface area (Å²) in [5.74, 6) is -2.02. The Morgan fingerprint density at radius 3 is 2.00 bits per heavy atom. The van der Waals surface area contributed by atoms with Crippen LogP contribution in [0.4, 0.5) is 0 Å². The summed E-state index contributed by atoms with van der Waals surface area (Å²) in [6.07, 6.45) is 0.938. The Bertz CT molecular complexity index is 206. The Labute approximate surface area is 64.7 Å². The molecule has 0 fully saturated rings. The van der Waals surface area contributed by atoms with Crippen molar-refractivity contribution >= 4 is 11.9 Å². The normalized spacial score (nSPS) is 11.7. The number of carbonyl (C=O) groups is 2. The Morgan fingerprint density at radius 2 is 1.91 bits per heavy atom. The molecule has 0 aliphatic rings. The standard InChI is InChI=1S/C7H11NO3/c1-4(2)5(7(10)11)3-6(8)9/h3-4H,1-2H3,(H2,8,9)(H,10,11). The van der Waals surface area contributed by atoms with Crippen molar-refractivity contribution in [3.63, 3.8) is 0 Å². The van der Waals surface area contributed by atoms with Crippen molar-refractivity contribution in [1.82, 2.24) is 0 Å². The molecule has 0 spiro atoms. The minimum absolute atomic E-state index is 0.0394. The van der Waals surface area contributed by atoms with Crippen molar-refractivity contribution in [2.24, 2.45) is 11.7 Å². The number of carbonyl (C=O) groups excluding carboxylic acids is 1. The average molecular weight is 157 g/mol. The van der Waals surface area contributed by atoms with Gasteiger partial charge in [0.05, 0.1) is 0 Å². The van der Waals surface area contributed by atoms with Crippen LogP contribution in [-0.2, 0) is 9.59 Å². The summed E-state index contributed by atoms with van der Waals surface area (Å²) in [5.41, 5.74) is 4.83. The highest BCUT2D eigenvalue weighted by molar-refractivity contribution is 5.97. The van der Waals surface area contributed by atoms with Gasteiger partial charge >= 0.3 is 5.97 Å². The molecule has 0 radical (unpaired) electrons. The van der Waals surface area contributed by atoms with Gasteiger partial charge in [-0.2, -0.15) is 0 Å². The molecule has 0 bridgehead atoms. The zero-order chi connectivity index (χ0) is 9.02. The zero-order valence-corrected chi connectivity index (χ0v) is 6.50. The van der Waals surface area contributed by atoms with E-state index in [1.165, 1.54) is 0 Å². The molecule has 11 heavy (non-hydrogen) atoms. The van der Waals surface area contributed by atoms with E-state index in [0.29, 0.717) is 0 Å². The predicted molar refractivity (Wildman–Crippen MR) is 39.8 cm³/mol. The zero-order valence-electron chi connectivity index (χ0n) is 6.50. The summed E-state index contributed by atoms with van der Waals surface area (Å²) < 4.78 is 0. The van der Waals surface area contributed by atoms with E-state index in [0.717, 1.165) is 6.08 Å². The van der Waals surface area contributed by atoms with E-state index in [-0.39, 0.29) is 11.5 Å². The number of carboxylic acids is 1. The van der Waals surface area contributed by atoms with Crippen molar-refractivity contribution in [2.75, 3.05) is 0 Å². The molecule has 0 atom stereocenters. The van der Waals surface area contributed by atoms with Crippen molar-refractivity contribution in [2.45, 2.75) is 13.8 Å². The molecule has 0 heterocycles. The van der Waals surface area contributed by atoms with Gasteiger partial charge in [0.2, 0.25) is 5.91 Å². The van der Waals surface area contributed by atoms with E-state index in [1.807, 2.05) is 0 Å². The van der Waals surface area contributed by atoms with Gasteiger partial charge in [-0.25, -0.2) is 4.79 Å². The van der Waals surface area contributed by atoms with Crippen LogP contribution in [0, 0.1) is 5.92 Å². The molecule has 3 N–H and O–H groups in total. The third-order valence-corrected chi connectivity index (χ3v) is 1.17. The highest BCUT2D eigenvalue weighted by Gasteiger charge is 2.11. The van der Waals surface area contributed by atoms with Gasteiger partial charge < -0.3 is 10.8 Å². The molecule has 4 nitrogen and oxygen atoms in total. The molecule has 0 aliphatic carbocycles. The third kappa shape index (κ3) is 3.40. The van der Waals surface area contributed by atoms with Crippen LogP contribution >= 0.6 is 0 Å². The monoisotopic (exact) mass is 157 g/mol. The molecular formula is C7H11NO3. The Kier molecular flexibility index (Phi) is 3.30. The van der Waals surface area contributed by atoms with E-state index in [9.17, 15) is 9.59 Å². The van der Waals surface area contributed by atoms with Crippen molar-refractivity contribution in [3.8, 4) is 0 Å². The van der Waals surface area contributed by atoms with Crippen LogP contribution in [0.5, 0.6) is 0 Å². The summed E-state index contributed by atoms with van der Waals surface area (Å²) in [4.78, 5) is 20.7. The van der Waals surface area contributed by atoms with E-state index in [4.69, 9.17) is 10.8 Å². The first-order valence-corrected chi connectivity index (χ1v) is 3.19. The number of primary amides is 1. The molecule has 0 saturated heterocycles. The van der Waals surface area contributed by atoms with Gasteiger partial charge in [0.1, 0.15) is 0 Å². The first kappa shape index (κ1) is 9.68. The average Bonchev–Trinajstić information content (AvgIpc) is 1.81. The van der Waals surface area contributed by atoms with Gasteiger partial charge in [0.25, 0.3) is 0 Å². The van der Waals surface area contributed by atoms with Gasteiger partial charge in [-0.05, 0) is 5.92 Å². The summed E-state index contributed by atoms with van der Waals surface area (Å²) >= 11 is 0. The first-order valence-electron chi connectivity index (χ1n) is 3.19. The summed E-state index contributed by atoms with van der Waals surface area (Å²) in [7, 11) is 0. The summed E-state index contributed by atoms with van der Waals surface area (Å²) in [6.45, 7) is 3.37. The van der Waals surface area contributed by atoms with Crippen molar-refractivity contribution in [1.29, 1.82) is 0 Å². The fourth-order valence-electron chi connectivity index (χ4n) is 0.629. The molecule has 0 unspecified atom stereocenters. The second-order valence-electron chi connectivity index (χ2n) is 2.46. The summed E-state index contributed by atoms with van der Waals surface area (Å²) in [5, 5.41) is 8.52. The van der Waals surface area contributed by atoms with Crippen molar-refractivity contribution < 1.29 is 14.7 Å². The number of amides is 1. The first-order chi connectivity index (χ1) is 4.95. The minimum Gasteiger partial charge on any atom is -0.478 e. The summed E-state index contributed by atoms with van der Waals surface area (Å²) in [6, 6.07) is 0. The van der Waals surface area contributed by atoms with Gasteiger partial charge in [-0.3, -0.25) is 4.79 Å². The van der Waals surface area contributed by atoms with Gasteiger partial charge in [0, 0.05) is 11.6 Å². The van der Waals surface area contributed by atoms with E-state index >= 15 is 0 Å². The largest absolute Gasteiger partial charge is 0.478 e. The lowest BCUT2D eigenvalue weighted by molar-refractivity contribution is -0.133. The Morgan fingerprint density at radius 1 is 1.45 bits per heavy atom. The SMILES string of the molecule is CC(C)C(=CC(N)=O)C(=O)O. The van der Waals surface area contributed by atoms with Crippen LogP contribution in [0.15, 0.2) is 11.6 Å². The minimum atomic E-state index is -1.10. The van der Waals surface area contributed by atoms with E-state index in [1.54, 1.807) is 13.8 Å². The second kappa shape index (κ2) is 3.75. The number of aliphatic carboxylic acids is 1. The van der Waals surface area contributed by atoms with E-state index in [2.05, 4.69) is 0 Å². The Balaban J connectivity index is 4.60. The van der Waals surface area contributed by atoms with E-state index < -0.39 is 11.9 Å². The highest BCUT2D eigenvalue weighted by atomic mass is 16.4. The van der Waals surface area contributed by atoms with Crippen LogP contribution < -0.4 is 5.73 Å². The number of carboxylic acid groups (broad SMARTS) is 1. The lowest BCUT2D eigenvalue weighted by atomic mass is 10.0. The second-order valence-corrected chi connectivity index (χ2v) is 2.46. The Hall–Kier alpha value is -1.32. The molecule has 0 saturated carbocycles. The van der Waals surface area contributed by atoms with Crippen LogP contribution in [-0.4, -0.2) is 17.0 Å². The smallest absolute Gasteiger partial charge is 0.332 e. The molecule has 0 aromatic carbocycles. The van der Waals surface area contributed by atoms with Gasteiger partial charge in [0.15, 0.2) is 0 Å². The fraction of sp³-hybridized carbons (Fsp3) is 0.429. The number of hydrogen-bond acceptors (Lipinski definition) is 2. The van der Waals surface area contributed by atoms with Gasteiger partial charge in [-0.15, -0.1) is 0 Å². The molecule has 0 aromatic heterocycles. The molecule has 62 valence electrons.